The normalized spacial score (nSPS) is 11.3. The fourth-order valence-electron chi connectivity index (χ4n) is 1.45. The van der Waals surface area contributed by atoms with Crippen LogP contribution in [0.15, 0.2) is 34.5 Å². The van der Waals surface area contributed by atoms with Crippen molar-refractivity contribution in [3.8, 4) is 0 Å². The van der Waals surface area contributed by atoms with E-state index in [-0.39, 0.29) is 14.8 Å². The molecule has 1 aromatic heterocycles. The molecule has 1 aromatic carbocycles. The molecule has 4 nitrogen and oxygen atoms in total. The van der Waals surface area contributed by atoms with Gasteiger partial charge >= 0.3 is 0 Å². The van der Waals surface area contributed by atoms with Crippen LogP contribution in [0.4, 0.5) is 5.69 Å². The molecule has 0 bridgehead atoms. The summed E-state index contributed by atoms with van der Waals surface area (Å²) in [6.45, 7) is 0. The van der Waals surface area contributed by atoms with Gasteiger partial charge in [0.25, 0.3) is 5.91 Å². The van der Waals surface area contributed by atoms with Crippen molar-refractivity contribution in [2.75, 3.05) is 11.6 Å². The molecule has 0 radical (unpaired) electrons. The molecular formula is C12H9Cl2NO3S2. The van der Waals surface area contributed by atoms with Crippen molar-refractivity contribution in [3.05, 3.63) is 44.6 Å². The molecule has 1 N–H and O–H groups in total. The molecule has 2 rings (SSSR count). The second-order valence-corrected chi connectivity index (χ2v) is 7.65. The van der Waals surface area contributed by atoms with Crippen molar-refractivity contribution in [2.24, 2.45) is 0 Å². The van der Waals surface area contributed by atoms with Crippen LogP contribution in [0.1, 0.15) is 9.67 Å². The first-order chi connectivity index (χ1) is 9.29. The number of rotatable bonds is 3. The third kappa shape index (κ3) is 3.32. The minimum absolute atomic E-state index is 0.0366. The van der Waals surface area contributed by atoms with Crippen LogP contribution in [0, 0.1) is 0 Å². The Hall–Kier alpha value is -1.08. The summed E-state index contributed by atoms with van der Waals surface area (Å²) in [6.07, 6.45) is 1.04. The quantitative estimate of drug-likeness (QED) is 0.918. The van der Waals surface area contributed by atoms with Crippen LogP contribution in [0.2, 0.25) is 10.0 Å². The second kappa shape index (κ2) is 5.73. The summed E-state index contributed by atoms with van der Waals surface area (Å²) in [5.74, 6) is -0.461. The lowest BCUT2D eigenvalue weighted by atomic mass is 10.3. The SMILES string of the molecule is CS(=O)(=O)c1csc(C(=O)Nc2ccc(Cl)cc2)c1Cl. The van der Waals surface area contributed by atoms with Gasteiger partial charge in [-0.15, -0.1) is 11.3 Å². The van der Waals surface area contributed by atoms with Gasteiger partial charge in [0, 0.05) is 22.3 Å². The monoisotopic (exact) mass is 349 g/mol. The molecule has 106 valence electrons. The molecule has 20 heavy (non-hydrogen) atoms. The predicted molar refractivity (Wildman–Crippen MR) is 81.8 cm³/mol. The number of thiophene rings is 1. The number of hydrogen-bond donors (Lipinski definition) is 1. The zero-order chi connectivity index (χ0) is 14.9. The molecule has 0 aliphatic heterocycles. The molecule has 0 saturated heterocycles. The van der Waals surface area contributed by atoms with Gasteiger partial charge in [0.05, 0.1) is 9.92 Å². The maximum Gasteiger partial charge on any atom is 0.267 e. The molecule has 8 heteroatoms. The Morgan fingerprint density at radius 1 is 1.20 bits per heavy atom. The Labute approximate surface area is 130 Å². The van der Waals surface area contributed by atoms with Crippen molar-refractivity contribution in [2.45, 2.75) is 4.90 Å². The number of hydrogen-bond acceptors (Lipinski definition) is 4. The lowest BCUT2D eigenvalue weighted by Gasteiger charge is -2.04. The van der Waals surface area contributed by atoms with E-state index >= 15 is 0 Å². The molecule has 0 saturated carbocycles. The van der Waals surface area contributed by atoms with Crippen LogP contribution < -0.4 is 5.32 Å². The first-order valence-corrected chi connectivity index (χ1v) is 8.85. The minimum Gasteiger partial charge on any atom is -0.321 e. The maximum atomic E-state index is 12.0. The van der Waals surface area contributed by atoms with Gasteiger partial charge in [-0.1, -0.05) is 23.2 Å². The number of carbonyl (C=O) groups is 1. The predicted octanol–water partition coefficient (Wildman–Crippen LogP) is 3.71. The van der Waals surface area contributed by atoms with E-state index in [1.54, 1.807) is 24.3 Å². The highest BCUT2D eigenvalue weighted by Crippen LogP contribution is 2.32. The van der Waals surface area contributed by atoms with Crippen LogP contribution in [0.25, 0.3) is 0 Å². The number of carbonyl (C=O) groups excluding carboxylic acids is 1. The topological polar surface area (TPSA) is 63.2 Å². The summed E-state index contributed by atoms with van der Waals surface area (Å²) in [5.41, 5.74) is 0.546. The standard InChI is InChI=1S/C12H9Cl2NO3S2/c1-20(17,18)9-6-19-11(10(9)14)12(16)15-8-4-2-7(13)3-5-8/h2-6H,1H3,(H,15,16). The number of halogens is 2. The molecule has 1 amide bonds. The maximum absolute atomic E-state index is 12.0. The first kappa shape index (κ1) is 15.3. The Morgan fingerprint density at radius 3 is 2.30 bits per heavy atom. The highest BCUT2D eigenvalue weighted by Gasteiger charge is 2.22. The summed E-state index contributed by atoms with van der Waals surface area (Å²) in [5, 5.41) is 4.48. The summed E-state index contributed by atoms with van der Waals surface area (Å²) < 4.78 is 22.9. The van der Waals surface area contributed by atoms with E-state index in [4.69, 9.17) is 23.2 Å². The minimum atomic E-state index is -3.44. The lowest BCUT2D eigenvalue weighted by molar-refractivity contribution is 0.103. The Kier molecular flexibility index (Phi) is 4.39. The van der Waals surface area contributed by atoms with Crippen molar-refractivity contribution in [1.29, 1.82) is 0 Å². The highest BCUT2D eigenvalue weighted by atomic mass is 35.5. The fraction of sp³-hybridized carbons (Fsp3) is 0.0833. The van der Waals surface area contributed by atoms with Gasteiger partial charge in [0.1, 0.15) is 4.88 Å². The Balaban J connectivity index is 2.26. The summed E-state index contributed by atoms with van der Waals surface area (Å²) in [7, 11) is -3.44. The number of anilines is 1. The van der Waals surface area contributed by atoms with Crippen molar-refractivity contribution < 1.29 is 13.2 Å². The molecule has 0 fully saturated rings. The van der Waals surface area contributed by atoms with Crippen molar-refractivity contribution >= 4 is 56.0 Å². The van der Waals surface area contributed by atoms with Crippen LogP contribution in [0.5, 0.6) is 0 Å². The number of nitrogens with one attached hydrogen (secondary N) is 1. The van der Waals surface area contributed by atoms with Crippen LogP contribution in [0.3, 0.4) is 0 Å². The summed E-state index contributed by atoms with van der Waals surface area (Å²) in [4.78, 5) is 12.2. The summed E-state index contributed by atoms with van der Waals surface area (Å²) in [6, 6.07) is 6.54. The largest absolute Gasteiger partial charge is 0.321 e. The van der Waals surface area contributed by atoms with E-state index in [2.05, 4.69) is 5.32 Å². The van der Waals surface area contributed by atoms with Crippen LogP contribution in [-0.4, -0.2) is 20.6 Å². The first-order valence-electron chi connectivity index (χ1n) is 5.33. The number of amides is 1. The molecule has 0 spiro atoms. The van der Waals surface area contributed by atoms with Gasteiger partial charge in [-0.05, 0) is 24.3 Å². The van der Waals surface area contributed by atoms with E-state index in [1.807, 2.05) is 0 Å². The number of sulfone groups is 1. The second-order valence-electron chi connectivity index (χ2n) is 3.98. The molecule has 1 heterocycles. The molecule has 0 atom stereocenters. The molecule has 0 aliphatic carbocycles. The fourth-order valence-corrected chi connectivity index (χ4v) is 4.39. The Bertz CT molecular complexity index is 752. The van der Waals surface area contributed by atoms with E-state index in [0.717, 1.165) is 17.6 Å². The van der Waals surface area contributed by atoms with E-state index in [1.165, 1.54) is 5.38 Å². The average Bonchev–Trinajstić information content (AvgIpc) is 2.74. The Morgan fingerprint density at radius 2 is 1.80 bits per heavy atom. The smallest absolute Gasteiger partial charge is 0.267 e. The van der Waals surface area contributed by atoms with E-state index in [9.17, 15) is 13.2 Å². The zero-order valence-electron chi connectivity index (χ0n) is 10.2. The zero-order valence-corrected chi connectivity index (χ0v) is 13.3. The van der Waals surface area contributed by atoms with Gasteiger partial charge in [-0.2, -0.15) is 0 Å². The highest BCUT2D eigenvalue weighted by molar-refractivity contribution is 7.91. The van der Waals surface area contributed by atoms with Gasteiger partial charge < -0.3 is 5.32 Å². The molecule has 0 aliphatic rings. The van der Waals surface area contributed by atoms with Crippen LogP contribution >= 0.6 is 34.5 Å². The summed E-state index contributed by atoms with van der Waals surface area (Å²) >= 11 is 12.7. The van der Waals surface area contributed by atoms with Gasteiger partial charge in [-0.3, -0.25) is 4.79 Å². The molecule has 2 aromatic rings. The van der Waals surface area contributed by atoms with Crippen molar-refractivity contribution in [1.82, 2.24) is 0 Å². The average molecular weight is 350 g/mol. The van der Waals surface area contributed by atoms with Crippen LogP contribution in [-0.2, 0) is 9.84 Å². The van der Waals surface area contributed by atoms with Crippen molar-refractivity contribution in [3.63, 3.8) is 0 Å². The van der Waals surface area contributed by atoms with Gasteiger partial charge in [-0.25, -0.2) is 8.42 Å². The third-order valence-electron chi connectivity index (χ3n) is 2.41. The van der Waals surface area contributed by atoms with E-state index in [0.29, 0.717) is 10.7 Å². The molecular weight excluding hydrogens is 341 g/mol. The van der Waals surface area contributed by atoms with Gasteiger partial charge in [0.2, 0.25) is 0 Å². The molecule has 0 unspecified atom stereocenters. The van der Waals surface area contributed by atoms with E-state index < -0.39 is 15.7 Å². The third-order valence-corrected chi connectivity index (χ3v) is 5.52. The lowest BCUT2D eigenvalue weighted by Crippen LogP contribution is -2.10. The number of benzene rings is 1. The van der Waals surface area contributed by atoms with Gasteiger partial charge in [0.15, 0.2) is 9.84 Å².